The number of rotatable bonds is 6. The Kier molecular flexibility index (Phi) is 6.08. The predicted molar refractivity (Wildman–Crippen MR) is 92.3 cm³/mol. The highest BCUT2D eigenvalue weighted by Crippen LogP contribution is 2.21. The number of hydrogen-bond acceptors (Lipinski definition) is 4. The van der Waals surface area contributed by atoms with Crippen molar-refractivity contribution >= 4 is 0 Å². The monoisotopic (exact) mass is 320 g/mol. The van der Waals surface area contributed by atoms with Crippen molar-refractivity contribution in [3.8, 4) is 0 Å². The van der Waals surface area contributed by atoms with E-state index in [1.165, 1.54) is 38.2 Å². The molecule has 0 spiro atoms. The van der Waals surface area contributed by atoms with Gasteiger partial charge in [-0.2, -0.15) is 5.10 Å². The zero-order valence-electron chi connectivity index (χ0n) is 14.8. The maximum atomic E-state index is 5.52. The zero-order valence-corrected chi connectivity index (χ0v) is 14.8. The summed E-state index contributed by atoms with van der Waals surface area (Å²) in [5.41, 5.74) is 1.37. The van der Waals surface area contributed by atoms with Gasteiger partial charge in [-0.1, -0.05) is 13.8 Å². The lowest BCUT2D eigenvalue weighted by molar-refractivity contribution is 0.0484. The lowest BCUT2D eigenvalue weighted by atomic mass is 9.99. The van der Waals surface area contributed by atoms with Crippen molar-refractivity contribution in [1.82, 2.24) is 19.6 Å². The van der Waals surface area contributed by atoms with Crippen LogP contribution < -0.4 is 0 Å². The van der Waals surface area contributed by atoms with Gasteiger partial charge in [0.1, 0.15) is 0 Å². The molecule has 3 heterocycles. The highest BCUT2D eigenvalue weighted by molar-refractivity contribution is 5.02. The van der Waals surface area contributed by atoms with Gasteiger partial charge in [-0.15, -0.1) is 0 Å². The van der Waals surface area contributed by atoms with E-state index in [1.807, 2.05) is 6.20 Å². The number of hydrogen-bond donors (Lipinski definition) is 0. The van der Waals surface area contributed by atoms with E-state index in [1.54, 1.807) is 0 Å². The number of ether oxygens (including phenoxy) is 1. The third-order valence-corrected chi connectivity index (χ3v) is 5.41. The van der Waals surface area contributed by atoms with Crippen LogP contribution in [0.1, 0.15) is 32.4 Å². The van der Waals surface area contributed by atoms with Crippen molar-refractivity contribution in [2.75, 3.05) is 45.9 Å². The quantitative estimate of drug-likeness (QED) is 0.804. The third kappa shape index (κ3) is 4.55. The van der Waals surface area contributed by atoms with Crippen LogP contribution in [0.15, 0.2) is 12.3 Å². The first kappa shape index (κ1) is 16.9. The Morgan fingerprint density at radius 1 is 1.17 bits per heavy atom. The molecule has 1 atom stereocenters. The Morgan fingerprint density at radius 3 is 2.70 bits per heavy atom. The van der Waals surface area contributed by atoms with Crippen LogP contribution in [0.2, 0.25) is 0 Å². The van der Waals surface area contributed by atoms with Gasteiger partial charge in [-0.3, -0.25) is 9.58 Å². The lowest BCUT2D eigenvalue weighted by Crippen LogP contribution is -2.39. The maximum Gasteiger partial charge on any atom is 0.0524 e. The molecule has 5 nitrogen and oxygen atoms in total. The molecule has 0 unspecified atom stereocenters. The fraction of sp³-hybridized carbons (Fsp3) is 0.833. The Bertz CT molecular complexity index is 465. The molecule has 2 aliphatic rings. The van der Waals surface area contributed by atoms with Crippen molar-refractivity contribution in [3.05, 3.63) is 18.0 Å². The summed E-state index contributed by atoms with van der Waals surface area (Å²) in [5, 5.41) is 4.56. The Morgan fingerprint density at radius 2 is 1.96 bits per heavy atom. The first-order chi connectivity index (χ1) is 11.3. The molecule has 1 saturated heterocycles. The van der Waals surface area contributed by atoms with Gasteiger partial charge in [0.25, 0.3) is 0 Å². The summed E-state index contributed by atoms with van der Waals surface area (Å²) in [5.74, 6) is 1.46. The lowest BCUT2D eigenvalue weighted by Gasteiger charge is -2.31. The van der Waals surface area contributed by atoms with Crippen molar-refractivity contribution < 1.29 is 4.74 Å². The average molecular weight is 320 g/mol. The van der Waals surface area contributed by atoms with Crippen molar-refractivity contribution in [3.63, 3.8) is 0 Å². The van der Waals surface area contributed by atoms with E-state index in [0.29, 0.717) is 5.92 Å². The van der Waals surface area contributed by atoms with Gasteiger partial charge in [-0.25, -0.2) is 0 Å². The summed E-state index contributed by atoms with van der Waals surface area (Å²) >= 11 is 0. The molecule has 5 heteroatoms. The van der Waals surface area contributed by atoms with E-state index in [0.717, 1.165) is 45.3 Å². The third-order valence-electron chi connectivity index (χ3n) is 5.41. The standard InChI is InChI=1S/C18H32N4O/c1-3-20(4-2)12-17-13-21(11-16-6-9-23-10-7-16)15-18-5-8-19-22(18)14-17/h5,8,16-17H,3-4,6-7,9-15H2,1-2H3/t17-/m0/s1. The summed E-state index contributed by atoms with van der Waals surface area (Å²) in [6, 6.07) is 2.19. The summed E-state index contributed by atoms with van der Waals surface area (Å²) in [6.45, 7) is 14.4. The Hall–Kier alpha value is -0.910. The molecule has 3 rings (SSSR count). The van der Waals surface area contributed by atoms with E-state index < -0.39 is 0 Å². The van der Waals surface area contributed by atoms with Crippen LogP contribution in [0, 0.1) is 11.8 Å². The van der Waals surface area contributed by atoms with Crippen molar-refractivity contribution in [1.29, 1.82) is 0 Å². The Labute approximate surface area is 140 Å². The van der Waals surface area contributed by atoms with E-state index in [9.17, 15) is 0 Å². The first-order valence-electron chi connectivity index (χ1n) is 9.31. The van der Waals surface area contributed by atoms with E-state index in [2.05, 4.69) is 39.5 Å². The number of nitrogens with zero attached hydrogens (tertiary/aromatic N) is 4. The fourth-order valence-electron chi connectivity index (χ4n) is 4.02. The van der Waals surface area contributed by atoms with Gasteiger partial charge in [0, 0.05) is 58.1 Å². The van der Waals surface area contributed by atoms with Gasteiger partial charge in [0.2, 0.25) is 0 Å². The normalized spacial score (nSPS) is 23.9. The Balaban J connectivity index is 1.66. The molecular weight excluding hydrogens is 288 g/mol. The highest BCUT2D eigenvalue weighted by atomic mass is 16.5. The summed E-state index contributed by atoms with van der Waals surface area (Å²) in [6.07, 6.45) is 4.40. The second-order valence-corrected chi connectivity index (χ2v) is 7.11. The molecule has 1 fully saturated rings. The molecule has 23 heavy (non-hydrogen) atoms. The highest BCUT2D eigenvalue weighted by Gasteiger charge is 2.26. The molecule has 0 radical (unpaired) electrons. The van der Waals surface area contributed by atoms with Crippen LogP contribution in [0.4, 0.5) is 0 Å². The maximum absolute atomic E-state index is 5.52. The molecule has 1 aromatic rings. The van der Waals surface area contributed by atoms with Crippen LogP contribution in [-0.4, -0.2) is 65.5 Å². The van der Waals surface area contributed by atoms with E-state index in [-0.39, 0.29) is 0 Å². The van der Waals surface area contributed by atoms with E-state index in [4.69, 9.17) is 4.74 Å². The van der Waals surface area contributed by atoms with Crippen molar-refractivity contribution in [2.24, 2.45) is 11.8 Å². The smallest absolute Gasteiger partial charge is 0.0524 e. The minimum atomic E-state index is 0.663. The molecule has 0 saturated carbocycles. The summed E-state index contributed by atoms with van der Waals surface area (Å²) < 4.78 is 7.76. The molecule has 0 N–H and O–H groups in total. The number of aromatic nitrogens is 2. The van der Waals surface area contributed by atoms with Gasteiger partial charge < -0.3 is 9.64 Å². The molecule has 0 aliphatic carbocycles. The summed E-state index contributed by atoms with van der Waals surface area (Å²) in [4.78, 5) is 5.22. The van der Waals surface area contributed by atoms with Crippen LogP contribution in [0.3, 0.4) is 0 Å². The zero-order chi connectivity index (χ0) is 16.1. The second kappa shape index (κ2) is 8.27. The minimum Gasteiger partial charge on any atom is -0.381 e. The van der Waals surface area contributed by atoms with Gasteiger partial charge in [0.05, 0.1) is 5.69 Å². The number of fused-ring (bicyclic) bond motifs is 1. The summed E-state index contributed by atoms with van der Waals surface area (Å²) in [7, 11) is 0. The second-order valence-electron chi connectivity index (χ2n) is 7.11. The topological polar surface area (TPSA) is 33.5 Å². The molecule has 0 amide bonds. The molecule has 1 aromatic heterocycles. The fourth-order valence-corrected chi connectivity index (χ4v) is 4.02. The average Bonchev–Trinajstić information content (AvgIpc) is 2.93. The van der Waals surface area contributed by atoms with Gasteiger partial charge >= 0.3 is 0 Å². The molecule has 130 valence electrons. The van der Waals surface area contributed by atoms with Gasteiger partial charge in [-0.05, 0) is 37.9 Å². The van der Waals surface area contributed by atoms with E-state index >= 15 is 0 Å². The van der Waals surface area contributed by atoms with Crippen LogP contribution >= 0.6 is 0 Å². The van der Waals surface area contributed by atoms with Crippen LogP contribution in [0.25, 0.3) is 0 Å². The molecule has 0 aromatic carbocycles. The largest absolute Gasteiger partial charge is 0.381 e. The van der Waals surface area contributed by atoms with Crippen LogP contribution in [0.5, 0.6) is 0 Å². The van der Waals surface area contributed by atoms with Gasteiger partial charge in [0.15, 0.2) is 0 Å². The molecule has 2 aliphatic heterocycles. The molecular formula is C18H32N4O. The molecule has 0 bridgehead atoms. The van der Waals surface area contributed by atoms with Crippen molar-refractivity contribution in [2.45, 2.75) is 39.8 Å². The predicted octanol–water partition coefficient (Wildman–Crippen LogP) is 2.08. The first-order valence-corrected chi connectivity index (χ1v) is 9.31. The minimum absolute atomic E-state index is 0.663. The SMILES string of the molecule is CCN(CC)C[C@H]1CN(CC2CCOCC2)Cc2ccnn2C1. The van der Waals surface area contributed by atoms with Crippen LogP contribution in [-0.2, 0) is 17.8 Å².